The zero-order chi connectivity index (χ0) is 11.1. The first-order valence-corrected chi connectivity index (χ1v) is 6.35. The molecule has 3 N–H and O–H groups in total. The van der Waals surface area contributed by atoms with Gasteiger partial charge < -0.3 is 0 Å². The average Bonchev–Trinajstić information content (AvgIpc) is 2.24. The molecule has 0 aliphatic heterocycles. The standard InChI is InChI=1S/C11H17FN2S/c1-15-6-5-11(14-13)8-9-3-2-4-10(12)7-9/h2-4,7,11,14H,5-6,8,13H2,1H3. The lowest BCUT2D eigenvalue weighted by molar-refractivity contribution is 0.512. The van der Waals surface area contributed by atoms with Gasteiger partial charge >= 0.3 is 0 Å². The molecule has 2 nitrogen and oxygen atoms in total. The number of thioether (sulfide) groups is 1. The Balaban J connectivity index is 2.50. The van der Waals surface area contributed by atoms with Crippen LogP contribution in [0.15, 0.2) is 24.3 Å². The Bertz CT molecular complexity index is 294. The Morgan fingerprint density at radius 1 is 1.53 bits per heavy atom. The number of nitrogens with one attached hydrogen (secondary N) is 1. The molecule has 1 atom stereocenters. The summed E-state index contributed by atoms with van der Waals surface area (Å²) < 4.78 is 12.9. The maximum absolute atomic E-state index is 12.9. The minimum Gasteiger partial charge on any atom is -0.271 e. The smallest absolute Gasteiger partial charge is 0.123 e. The normalized spacial score (nSPS) is 12.7. The van der Waals surface area contributed by atoms with Crippen LogP contribution in [0.25, 0.3) is 0 Å². The minimum atomic E-state index is -0.187. The van der Waals surface area contributed by atoms with Gasteiger partial charge in [0.15, 0.2) is 0 Å². The summed E-state index contributed by atoms with van der Waals surface area (Å²) in [7, 11) is 0. The predicted molar refractivity (Wildman–Crippen MR) is 64.2 cm³/mol. The van der Waals surface area contributed by atoms with Crippen LogP contribution in [-0.4, -0.2) is 18.1 Å². The molecule has 4 heteroatoms. The second kappa shape index (κ2) is 6.82. The van der Waals surface area contributed by atoms with Crippen LogP contribution in [0, 0.1) is 5.82 Å². The summed E-state index contributed by atoms with van der Waals surface area (Å²) >= 11 is 1.79. The van der Waals surface area contributed by atoms with Crippen molar-refractivity contribution in [3.8, 4) is 0 Å². The van der Waals surface area contributed by atoms with Crippen LogP contribution >= 0.6 is 11.8 Å². The molecule has 1 unspecified atom stereocenters. The second-order valence-corrected chi connectivity index (χ2v) is 4.46. The topological polar surface area (TPSA) is 38.0 Å². The molecule has 0 spiro atoms. The second-order valence-electron chi connectivity index (χ2n) is 3.48. The highest BCUT2D eigenvalue weighted by Crippen LogP contribution is 2.09. The van der Waals surface area contributed by atoms with Gasteiger partial charge in [-0.15, -0.1) is 0 Å². The molecular formula is C11H17FN2S. The van der Waals surface area contributed by atoms with Gasteiger partial charge in [-0.2, -0.15) is 11.8 Å². The maximum atomic E-state index is 12.9. The van der Waals surface area contributed by atoms with E-state index in [2.05, 4.69) is 11.7 Å². The molecule has 0 aromatic heterocycles. The van der Waals surface area contributed by atoms with Crippen molar-refractivity contribution < 1.29 is 4.39 Å². The van der Waals surface area contributed by atoms with E-state index in [0.717, 1.165) is 24.2 Å². The highest BCUT2D eigenvalue weighted by Gasteiger charge is 2.07. The number of halogens is 1. The van der Waals surface area contributed by atoms with E-state index in [1.165, 1.54) is 6.07 Å². The van der Waals surface area contributed by atoms with Gasteiger partial charge in [0, 0.05) is 6.04 Å². The third-order valence-electron chi connectivity index (χ3n) is 2.28. The Hall–Kier alpha value is -0.580. The van der Waals surface area contributed by atoms with Gasteiger partial charge in [-0.1, -0.05) is 12.1 Å². The van der Waals surface area contributed by atoms with Gasteiger partial charge in [0.2, 0.25) is 0 Å². The molecule has 0 fully saturated rings. The largest absolute Gasteiger partial charge is 0.271 e. The lowest BCUT2D eigenvalue weighted by Gasteiger charge is -2.15. The van der Waals surface area contributed by atoms with Crippen LogP contribution in [0.3, 0.4) is 0 Å². The van der Waals surface area contributed by atoms with Crippen molar-refractivity contribution in [2.45, 2.75) is 18.9 Å². The molecule has 0 aliphatic rings. The molecule has 0 aliphatic carbocycles. The fourth-order valence-corrected chi connectivity index (χ4v) is 1.97. The monoisotopic (exact) mass is 228 g/mol. The van der Waals surface area contributed by atoms with Crippen molar-refractivity contribution in [1.29, 1.82) is 0 Å². The molecule has 0 bridgehead atoms. The zero-order valence-electron chi connectivity index (χ0n) is 8.87. The Morgan fingerprint density at radius 2 is 2.33 bits per heavy atom. The van der Waals surface area contributed by atoms with Crippen LogP contribution in [0.5, 0.6) is 0 Å². The third-order valence-corrected chi connectivity index (χ3v) is 2.92. The average molecular weight is 228 g/mol. The zero-order valence-corrected chi connectivity index (χ0v) is 9.69. The summed E-state index contributed by atoms with van der Waals surface area (Å²) in [5.41, 5.74) is 3.75. The highest BCUT2D eigenvalue weighted by atomic mass is 32.2. The molecule has 0 amide bonds. The number of benzene rings is 1. The van der Waals surface area contributed by atoms with E-state index in [1.54, 1.807) is 23.9 Å². The number of hydrogen-bond acceptors (Lipinski definition) is 3. The van der Waals surface area contributed by atoms with Gasteiger partial charge in [0.1, 0.15) is 5.82 Å². The van der Waals surface area contributed by atoms with E-state index < -0.39 is 0 Å². The van der Waals surface area contributed by atoms with E-state index in [-0.39, 0.29) is 11.9 Å². The van der Waals surface area contributed by atoms with Crippen molar-refractivity contribution >= 4 is 11.8 Å². The van der Waals surface area contributed by atoms with Crippen molar-refractivity contribution in [3.63, 3.8) is 0 Å². The summed E-state index contributed by atoms with van der Waals surface area (Å²) in [6.07, 6.45) is 3.83. The highest BCUT2D eigenvalue weighted by molar-refractivity contribution is 7.98. The summed E-state index contributed by atoms with van der Waals surface area (Å²) in [5, 5.41) is 0. The predicted octanol–water partition coefficient (Wildman–Crippen LogP) is 1.95. The third kappa shape index (κ3) is 4.64. The van der Waals surface area contributed by atoms with Gasteiger partial charge in [-0.25, -0.2) is 4.39 Å². The Morgan fingerprint density at radius 3 is 2.93 bits per heavy atom. The molecule has 1 rings (SSSR count). The van der Waals surface area contributed by atoms with Crippen molar-refractivity contribution in [2.75, 3.05) is 12.0 Å². The van der Waals surface area contributed by atoms with Crippen LogP contribution in [-0.2, 0) is 6.42 Å². The first-order chi connectivity index (χ1) is 7.26. The minimum absolute atomic E-state index is 0.187. The molecule has 0 radical (unpaired) electrons. The van der Waals surface area contributed by atoms with Crippen molar-refractivity contribution in [1.82, 2.24) is 5.43 Å². The molecule has 0 saturated carbocycles. The molecule has 84 valence electrons. The number of rotatable bonds is 6. The summed E-state index contributed by atoms with van der Waals surface area (Å²) in [5.74, 6) is 6.32. The van der Waals surface area contributed by atoms with Crippen molar-refractivity contribution in [3.05, 3.63) is 35.6 Å². The van der Waals surface area contributed by atoms with Crippen LogP contribution in [0.4, 0.5) is 4.39 Å². The van der Waals surface area contributed by atoms with Crippen LogP contribution < -0.4 is 11.3 Å². The number of hydrogen-bond donors (Lipinski definition) is 2. The molecule has 1 aromatic carbocycles. The molecular weight excluding hydrogens is 211 g/mol. The van der Waals surface area contributed by atoms with Crippen LogP contribution in [0.1, 0.15) is 12.0 Å². The fourth-order valence-electron chi connectivity index (χ4n) is 1.45. The van der Waals surface area contributed by atoms with E-state index in [9.17, 15) is 4.39 Å². The molecule has 1 aromatic rings. The summed E-state index contributed by atoms with van der Waals surface area (Å²) in [6.45, 7) is 0. The lowest BCUT2D eigenvalue weighted by atomic mass is 10.0. The van der Waals surface area contributed by atoms with E-state index in [0.29, 0.717) is 0 Å². The molecule has 0 heterocycles. The Kier molecular flexibility index (Phi) is 5.68. The molecule has 0 saturated heterocycles. The first kappa shape index (κ1) is 12.5. The van der Waals surface area contributed by atoms with Gasteiger partial charge in [0.05, 0.1) is 0 Å². The van der Waals surface area contributed by atoms with E-state index in [1.807, 2.05) is 6.07 Å². The quantitative estimate of drug-likeness (QED) is 0.577. The SMILES string of the molecule is CSCCC(Cc1cccc(F)c1)NN. The van der Waals surface area contributed by atoms with Gasteiger partial charge in [-0.05, 0) is 42.5 Å². The maximum Gasteiger partial charge on any atom is 0.123 e. The van der Waals surface area contributed by atoms with E-state index in [4.69, 9.17) is 5.84 Å². The van der Waals surface area contributed by atoms with Gasteiger partial charge in [0.25, 0.3) is 0 Å². The number of hydrazine groups is 1. The van der Waals surface area contributed by atoms with Crippen molar-refractivity contribution in [2.24, 2.45) is 5.84 Å². The molecule has 15 heavy (non-hydrogen) atoms. The lowest BCUT2D eigenvalue weighted by Crippen LogP contribution is -2.37. The summed E-state index contributed by atoms with van der Waals surface area (Å²) in [4.78, 5) is 0. The van der Waals surface area contributed by atoms with Crippen LogP contribution in [0.2, 0.25) is 0 Å². The summed E-state index contributed by atoms with van der Waals surface area (Å²) in [6, 6.07) is 6.89. The first-order valence-electron chi connectivity index (χ1n) is 4.95. The van der Waals surface area contributed by atoms with E-state index >= 15 is 0 Å². The fraction of sp³-hybridized carbons (Fsp3) is 0.455. The Labute approximate surface area is 94.4 Å². The van der Waals surface area contributed by atoms with Gasteiger partial charge in [-0.3, -0.25) is 11.3 Å². The number of nitrogens with two attached hydrogens (primary N) is 1.